The molecular weight excluding hydrogens is 317 g/mol. The number of para-hydroxylation sites is 1. The molecule has 8 heteroatoms. The molecule has 0 atom stereocenters. The minimum absolute atomic E-state index is 0.0568. The number of nitro groups is 1. The quantitative estimate of drug-likeness (QED) is 0.495. The van der Waals surface area contributed by atoms with Crippen LogP contribution in [-0.2, 0) is 6.61 Å². The van der Waals surface area contributed by atoms with Crippen molar-refractivity contribution in [2.75, 3.05) is 5.43 Å². The van der Waals surface area contributed by atoms with Gasteiger partial charge < -0.3 is 10.2 Å². The van der Waals surface area contributed by atoms with Gasteiger partial charge in [-0.25, -0.2) is 0 Å². The predicted octanol–water partition coefficient (Wildman–Crippen LogP) is 3.77. The molecule has 0 aliphatic heterocycles. The molecule has 0 aliphatic rings. The van der Waals surface area contributed by atoms with Crippen molar-refractivity contribution >= 4 is 34.6 Å². The van der Waals surface area contributed by atoms with Gasteiger partial charge in [0.15, 0.2) is 0 Å². The van der Waals surface area contributed by atoms with Gasteiger partial charge in [-0.3, -0.25) is 16.0 Å². The number of nitrogen functional groups attached to an aromatic ring is 1. The number of nitro benzene ring substituents is 1. The van der Waals surface area contributed by atoms with Gasteiger partial charge in [0, 0.05) is 11.6 Å². The summed E-state index contributed by atoms with van der Waals surface area (Å²) in [4.78, 5) is 10.4. The van der Waals surface area contributed by atoms with Gasteiger partial charge in [-0.05, 0) is 12.1 Å². The van der Waals surface area contributed by atoms with Crippen LogP contribution in [0.4, 0.5) is 11.4 Å². The van der Waals surface area contributed by atoms with Crippen LogP contribution in [-0.4, -0.2) is 4.92 Å². The maximum absolute atomic E-state index is 10.9. The summed E-state index contributed by atoms with van der Waals surface area (Å²) < 4.78 is 5.55. The van der Waals surface area contributed by atoms with E-state index in [4.69, 9.17) is 33.8 Å². The molecule has 0 aromatic heterocycles. The van der Waals surface area contributed by atoms with Crippen LogP contribution in [0, 0.1) is 10.1 Å². The number of nitrogens with zero attached hydrogens (tertiary/aromatic N) is 1. The molecule has 0 bridgehead atoms. The number of ether oxygens (including phenoxy) is 1. The summed E-state index contributed by atoms with van der Waals surface area (Å²) in [7, 11) is 0. The Morgan fingerprint density at radius 2 is 1.95 bits per heavy atom. The molecule has 0 saturated carbocycles. The third kappa shape index (κ3) is 3.36. The van der Waals surface area contributed by atoms with Crippen LogP contribution in [0.25, 0.3) is 0 Å². The molecule has 0 amide bonds. The average Bonchev–Trinajstić information content (AvgIpc) is 2.48. The molecule has 2 aromatic rings. The Kier molecular flexibility index (Phi) is 4.85. The molecule has 0 heterocycles. The van der Waals surface area contributed by atoms with Crippen molar-refractivity contribution in [3.63, 3.8) is 0 Å². The fraction of sp³-hybridized carbons (Fsp3) is 0.0769. The molecule has 2 rings (SSSR count). The van der Waals surface area contributed by atoms with E-state index < -0.39 is 4.92 Å². The summed E-state index contributed by atoms with van der Waals surface area (Å²) in [6.45, 7) is 0.0568. The number of rotatable bonds is 5. The highest BCUT2D eigenvalue weighted by atomic mass is 35.5. The van der Waals surface area contributed by atoms with Crippen LogP contribution < -0.4 is 16.0 Å². The minimum Gasteiger partial charge on any atom is -0.487 e. The van der Waals surface area contributed by atoms with E-state index in [1.54, 1.807) is 30.3 Å². The highest BCUT2D eigenvalue weighted by Crippen LogP contribution is 2.33. The molecule has 0 saturated heterocycles. The van der Waals surface area contributed by atoms with Gasteiger partial charge in [0.25, 0.3) is 5.69 Å². The van der Waals surface area contributed by atoms with Crippen molar-refractivity contribution in [1.82, 2.24) is 0 Å². The number of anilines is 1. The Labute approximate surface area is 130 Å². The third-order valence-electron chi connectivity index (χ3n) is 2.77. The number of hydrogen-bond acceptors (Lipinski definition) is 5. The number of hydrogen-bond donors (Lipinski definition) is 2. The summed E-state index contributed by atoms with van der Waals surface area (Å²) >= 11 is 11.9. The zero-order chi connectivity index (χ0) is 15.4. The molecule has 3 N–H and O–H groups in total. The van der Waals surface area contributed by atoms with Crippen molar-refractivity contribution in [1.29, 1.82) is 0 Å². The molecule has 6 nitrogen and oxygen atoms in total. The van der Waals surface area contributed by atoms with E-state index in [9.17, 15) is 10.1 Å². The maximum atomic E-state index is 10.9. The third-order valence-corrected chi connectivity index (χ3v) is 3.57. The molecule has 2 aromatic carbocycles. The van der Waals surface area contributed by atoms with E-state index in [-0.39, 0.29) is 23.0 Å². The summed E-state index contributed by atoms with van der Waals surface area (Å²) in [5.74, 6) is 5.74. The lowest BCUT2D eigenvalue weighted by atomic mass is 10.1. The first-order valence-electron chi connectivity index (χ1n) is 5.84. The predicted molar refractivity (Wildman–Crippen MR) is 81.7 cm³/mol. The van der Waals surface area contributed by atoms with Gasteiger partial charge in [-0.2, -0.15) is 0 Å². The summed E-state index contributed by atoms with van der Waals surface area (Å²) in [5, 5.41) is 11.6. The lowest BCUT2D eigenvalue weighted by molar-refractivity contribution is -0.384. The molecule has 110 valence electrons. The summed E-state index contributed by atoms with van der Waals surface area (Å²) in [5.41, 5.74) is 2.92. The zero-order valence-electron chi connectivity index (χ0n) is 10.7. The molecule has 0 radical (unpaired) electrons. The first-order chi connectivity index (χ1) is 10.0. The van der Waals surface area contributed by atoms with Crippen LogP contribution in [0.5, 0.6) is 5.75 Å². The molecule has 0 spiro atoms. The largest absolute Gasteiger partial charge is 0.487 e. The Balaban J connectivity index is 2.26. The Morgan fingerprint density at radius 3 is 2.62 bits per heavy atom. The van der Waals surface area contributed by atoms with Gasteiger partial charge in [0.05, 0.1) is 9.95 Å². The fourth-order valence-electron chi connectivity index (χ4n) is 1.78. The van der Waals surface area contributed by atoms with Gasteiger partial charge in [0.1, 0.15) is 23.1 Å². The van der Waals surface area contributed by atoms with Crippen molar-refractivity contribution in [3.05, 3.63) is 62.1 Å². The van der Waals surface area contributed by atoms with Crippen molar-refractivity contribution in [2.45, 2.75) is 6.61 Å². The molecule has 21 heavy (non-hydrogen) atoms. The number of nitrogens with two attached hydrogens (primary N) is 1. The monoisotopic (exact) mass is 327 g/mol. The number of hydrazine groups is 1. The summed E-state index contributed by atoms with van der Waals surface area (Å²) in [6.07, 6.45) is 0. The van der Waals surface area contributed by atoms with E-state index in [0.717, 1.165) is 0 Å². The minimum atomic E-state index is -0.523. The zero-order valence-corrected chi connectivity index (χ0v) is 12.2. The number of nitrogens with one attached hydrogen (secondary N) is 1. The lowest BCUT2D eigenvalue weighted by Crippen LogP contribution is -2.12. The molecule has 0 fully saturated rings. The standard InChI is InChI=1S/C13H11Cl2N3O3/c14-9-4-2-6-11(12(9)15)21-7-8-3-1-5-10(18(19)20)13(8)17-16/h1-6,17H,7,16H2. The van der Waals surface area contributed by atoms with Gasteiger partial charge in [-0.15, -0.1) is 0 Å². The number of benzene rings is 2. The van der Waals surface area contributed by atoms with E-state index in [2.05, 4.69) is 5.43 Å². The second kappa shape index (κ2) is 6.62. The highest BCUT2D eigenvalue weighted by molar-refractivity contribution is 6.42. The van der Waals surface area contributed by atoms with Crippen molar-refractivity contribution in [2.24, 2.45) is 5.84 Å². The lowest BCUT2D eigenvalue weighted by Gasteiger charge is -2.12. The van der Waals surface area contributed by atoms with Crippen LogP contribution in [0.15, 0.2) is 36.4 Å². The molecular formula is C13H11Cl2N3O3. The Morgan fingerprint density at radius 1 is 1.24 bits per heavy atom. The second-order valence-corrected chi connectivity index (χ2v) is 4.84. The topological polar surface area (TPSA) is 90.4 Å². The number of halogens is 2. The Bertz CT molecular complexity index is 680. The maximum Gasteiger partial charge on any atom is 0.294 e. The smallest absolute Gasteiger partial charge is 0.294 e. The van der Waals surface area contributed by atoms with E-state index >= 15 is 0 Å². The first-order valence-corrected chi connectivity index (χ1v) is 6.60. The van der Waals surface area contributed by atoms with Crippen LogP contribution in [0.2, 0.25) is 10.0 Å². The van der Waals surface area contributed by atoms with E-state index in [1.807, 2.05) is 0 Å². The van der Waals surface area contributed by atoms with Crippen molar-refractivity contribution < 1.29 is 9.66 Å². The van der Waals surface area contributed by atoms with Crippen molar-refractivity contribution in [3.8, 4) is 5.75 Å². The second-order valence-electron chi connectivity index (χ2n) is 4.05. The Hall–Kier alpha value is -2.02. The molecule has 0 unspecified atom stereocenters. The van der Waals surface area contributed by atoms with Gasteiger partial charge >= 0.3 is 0 Å². The molecule has 0 aliphatic carbocycles. The SMILES string of the molecule is NNc1c(COc2cccc(Cl)c2Cl)cccc1[N+](=O)[O-]. The van der Waals surface area contributed by atoms with E-state index in [1.165, 1.54) is 6.07 Å². The first kappa shape index (κ1) is 15.4. The van der Waals surface area contributed by atoms with E-state index in [0.29, 0.717) is 16.3 Å². The van der Waals surface area contributed by atoms with Crippen LogP contribution in [0.3, 0.4) is 0 Å². The summed E-state index contributed by atoms with van der Waals surface area (Å²) in [6, 6.07) is 9.56. The van der Waals surface area contributed by atoms with Crippen LogP contribution >= 0.6 is 23.2 Å². The van der Waals surface area contributed by atoms with Crippen LogP contribution in [0.1, 0.15) is 5.56 Å². The van der Waals surface area contributed by atoms with Gasteiger partial charge in [0.2, 0.25) is 0 Å². The fourth-order valence-corrected chi connectivity index (χ4v) is 2.12. The normalized spacial score (nSPS) is 10.2. The average molecular weight is 328 g/mol. The van der Waals surface area contributed by atoms with Gasteiger partial charge in [-0.1, -0.05) is 41.4 Å². The highest BCUT2D eigenvalue weighted by Gasteiger charge is 2.17.